The van der Waals surface area contributed by atoms with Crippen molar-refractivity contribution in [3.8, 4) is 0 Å². The van der Waals surface area contributed by atoms with E-state index in [1.807, 2.05) is 44.4 Å². The van der Waals surface area contributed by atoms with E-state index in [1.54, 1.807) is 18.2 Å². The van der Waals surface area contributed by atoms with Crippen LogP contribution < -0.4 is 10.6 Å². The topological polar surface area (TPSA) is 61.4 Å². The van der Waals surface area contributed by atoms with Gasteiger partial charge in [-0.1, -0.05) is 37.5 Å². The minimum absolute atomic E-state index is 0.0636. The Labute approximate surface area is 167 Å². The first-order chi connectivity index (χ1) is 13.5. The summed E-state index contributed by atoms with van der Waals surface area (Å²) >= 11 is 0. The third-order valence-corrected chi connectivity index (χ3v) is 5.05. The number of nitrogens with one attached hydrogen (secondary N) is 2. The van der Waals surface area contributed by atoms with Crippen LogP contribution in [0.25, 0.3) is 0 Å². The Balaban J connectivity index is 1.64. The monoisotopic (exact) mass is 379 g/mol. The Morgan fingerprint density at radius 2 is 1.61 bits per heavy atom. The second-order valence-electron chi connectivity index (χ2n) is 7.80. The molecule has 0 unspecified atom stereocenters. The fourth-order valence-electron chi connectivity index (χ4n) is 3.66. The summed E-state index contributed by atoms with van der Waals surface area (Å²) < 4.78 is 0. The summed E-state index contributed by atoms with van der Waals surface area (Å²) in [4.78, 5) is 27.2. The van der Waals surface area contributed by atoms with Gasteiger partial charge in [0.15, 0.2) is 0 Å². The number of amides is 2. The summed E-state index contributed by atoms with van der Waals surface area (Å²) in [6.07, 6.45) is 5.36. The lowest BCUT2D eigenvalue weighted by Crippen LogP contribution is -2.24. The Morgan fingerprint density at radius 1 is 0.929 bits per heavy atom. The molecule has 1 aliphatic rings. The van der Waals surface area contributed by atoms with E-state index in [4.69, 9.17) is 0 Å². The number of hydrogen-bond acceptors (Lipinski definition) is 3. The second-order valence-corrected chi connectivity index (χ2v) is 7.80. The van der Waals surface area contributed by atoms with Crippen LogP contribution in [0.3, 0.4) is 0 Å². The third kappa shape index (κ3) is 5.67. The van der Waals surface area contributed by atoms with Crippen molar-refractivity contribution in [1.82, 2.24) is 4.90 Å². The van der Waals surface area contributed by atoms with Crippen molar-refractivity contribution >= 4 is 23.2 Å². The molecule has 2 aromatic carbocycles. The van der Waals surface area contributed by atoms with E-state index >= 15 is 0 Å². The van der Waals surface area contributed by atoms with Crippen LogP contribution in [0.4, 0.5) is 11.4 Å². The van der Waals surface area contributed by atoms with Gasteiger partial charge in [0.2, 0.25) is 5.91 Å². The number of anilines is 2. The predicted octanol–water partition coefficient (Wildman–Crippen LogP) is 4.52. The lowest BCUT2D eigenvalue weighted by atomic mass is 9.88. The highest BCUT2D eigenvalue weighted by Crippen LogP contribution is 2.25. The lowest BCUT2D eigenvalue weighted by Gasteiger charge is -2.20. The van der Waals surface area contributed by atoms with Gasteiger partial charge in [0, 0.05) is 29.4 Å². The molecule has 0 aromatic heterocycles. The van der Waals surface area contributed by atoms with Gasteiger partial charge in [-0.25, -0.2) is 0 Å². The maximum atomic E-state index is 12.7. The molecule has 148 valence electrons. The van der Waals surface area contributed by atoms with Crippen LogP contribution in [0, 0.1) is 5.92 Å². The SMILES string of the molecule is CN(C)Cc1cccc(NC(=O)c2cccc(NC(=O)C3CCCCC3)c2)c1. The average Bonchev–Trinajstić information content (AvgIpc) is 2.68. The van der Waals surface area contributed by atoms with E-state index in [0.717, 1.165) is 43.5 Å². The van der Waals surface area contributed by atoms with Crippen molar-refractivity contribution < 1.29 is 9.59 Å². The van der Waals surface area contributed by atoms with Crippen LogP contribution >= 0.6 is 0 Å². The molecule has 0 spiro atoms. The summed E-state index contributed by atoms with van der Waals surface area (Å²) in [5.41, 5.74) is 3.10. The number of carbonyl (C=O) groups excluding carboxylic acids is 2. The van der Waals surface area contributed by atoms with Gasteiger partial charge >= 0.3 is 0 Å². The van der Waals surface area contributed by atoms with Crippen LogP contribution in [0.1, 0.15) is 48.0 Å². The molecule has 0 aliphatic heterocycles. The second kappa shape index (κ2) is 9.51. The van der Waals surface area contributed by atoms with Gasteiger partial charge in [0.05, 0.1) is 0 Å². The number of hydrogen-bond donors (Lipinski definition) is 2. The fourth-order valence-corrected chi connectivity index (χ4v) is 3.66. The molecule has 5 heteroatoms. The Hall–Kier alpha value is -2.66. The van der Waals surface area contributed by atoms with E-state index in [1.165, 1.54) is 6.42 Å². The van der Waals surface area contributed by atoms with Crippen molar-refractivity contribution in [3.05, 3.63) is 59.7 Å². The molecule has 0 radical (unpaired) electrons. The first kappa shape index (κ1) is 20.1. The highest BCUT2D eigenvalue weighted by molar-refractivity contribution is 6.05. The molecule has 3 rings (SSSR count). The first-order valence-electron chi connectivity index (χ1n) is 9.97. The highest BCUT2D eigenvalue weighted by atomic mass is 16.2. The van der Waals surface area contributed by atoms with E-state index in [-0.39, 0.29) is 17.7 Å². The molecule has 1 fully saturated rings. The summed E-state index contributed by atoms with van der Waals surface area (Å²) in [6, 6.07) is 15.0. The Morgan fingerprint density at radius 3 is 2.32 bits per heavy atom. The Kier molecular flexibility index (Phi) is 6.82. The van der Waals surface area contributed by atoms with Gasteiger partial charge in [-0.05, 0) is 62.8 Å². The highest BCUT2D eigenvalue weighted by Gasteiger charge is 2.21. The molecule has 0 atom stereocenters. The summed E-state index contributed by atoms with van der Waals surface area (Å²) in [5.74, 6) is -0.0323. The summed E-state index contributed by atoms with van der Waals surface area (Å²) in [7, 11) is 4.02. The minimum Gasteiger partial charge on any atom is -0.326 e. The number of benzene rings is 2. The molecule has 0 heterocycles. The molecule has 1 aliphatic carbocycles. The zero-order valence-corrected chi connectivity index (χ0v) is 16.7. The van der Waals surface area contributed by atoms with Crippen LogP contribution in [0.5, 0.6) is 0 Å². The quantitative estimate of drug-likeness (QED) is 0.776. The van der Waals surface area contributed by atoms with E-state index in [9.17, 15) is 9.59 Å². The molecule has 1 saturated carbocycles. The zero-order valence-electron chi connectivity index (χ0n) is 16.7. The molecule has 28 heavy (non-hydrogen) atoms. The number of nitrogens with zero attached hydrogens (tertiary/aromatic N) is 1. The molecule has 2 amide bonds. The van der Waals surface area contributed by atoms with Gasteiger partial charge in [-0.2, -0.15) is 0 Å². The van der Waals surface area contributed by atoms with Crippen LogP contribution in [0.15, 0.2) is 48.5 Å². The predicted molar refractivity (Wildman–Crippen MR) is 113 cm³/mol. The third-order valence-electron chi connectivity index (χ3n) is 5.05. The molecular formula is C23H29N3O2. The summed E-state index contributed by atoms with van der Waals surface area (Å²) in [5, 5.41) is 5.92. The van der Waals surface area contributed by atoms with Gasteiger partial charge in [-0.15, -0.1) is 0 Å². The van der Waals surface area contributed by atoms with Crippen molar-refractivity contribution in [2.75, 3.05) is 24.7 Å². The van der Waals surface area contributed by atoms with Gasteiger partial charge < -0.3 is 15.5 Å². The van der Waals surface area contributed by atoms with E-state index in [2.05, 4.69) is 15.5 Å². The molecule has 2 aromatic rings. The maximum Gasteiger partial charge on any atom is 0.255 e. The normalized spacial score (nSPS) is 14.7. The molecule has 5 nitrogen and oxygen atoms in total. The lowest BCUT2D eigenvalue weighted by molar-refractivity contribution is -0.120. The zero-order chi connectivity index (χ0) is 19.9. The van der Waals surface area contributed by atoms with Crippen molar-refractivity contribution in [3.63, 3.8) is 0 Å². The maximum absolute atomic E-state index is 12.7. The average molecular weight is 380 g/mol. The smallest absolute Gasteiger partial charge is 0.255 e. The van der Waals surface area contributed by atoms with E-state index in [0.29, 0.717) is 11.3 Å². The first-order valence-corrected chi connectivity index (χ1v) is 9.97. The minimum atomic E-state index is -0.184. The summed E-state index contributed by atoms with van der Waals surface area (Å²) in [6.45, 7) is 0.812. The van der Waals surface area contributed by atoms with Crippen LogP contribution in [-0.4, -0.2) is 30.8 Å². The fraction of sp³-hybridized carbons (Fsp3) is 0.391. The largest absolute Gasteiger partial charge is 0.326 e. The van der Waals surface area contributed by atoms with Crippen LogP contribution in [0.2, 0.25) is 0 Å². The van der Waals surface area contributed by atoms with Gasteiger partial charge in [0.1, 0.15) is 0 Å². The number of carbonyl (C=O) groups is 2. The van der Waals surface area contributed by atoms with Crippen LogP contribution in [-0.2, 0) is 11.3 Å². The van der Waals surface area contributed by atoms with Gasteiger partial charge in [-0.3, -0.25) is 9.59 Å². The Bertz CT molecular complexity index is 826. The van der Waals surface area contributed by atoms with Crippen molar-refractivity contribution in [2.24, 2.45) is 5.92 Å². The molecule has 0 saturated heterocycles. The standard InChI is InChI=1S/C23H29N3O2/c1-26(2)16-17-8-6-12-20(14-17)24-23(28)19-11-7-13-21(15-19)25-22(27)18-9-4-3-5-10-18/h6-8,11-15,18H,3-5,9-10,16H2,1-2H3,(H,24,28)(H,25,27). The van der Waals surface area contributed by atoms with E-state index < -0.39 is 0 Å². The van der Waals surface area contributed by atoms with Crippen molar-refractivity contribution in [1.29, 1.82) is 0 Å². The van der Waals surface area contributed by atoms with Gasteiger partial charge in [0.25, 0.3) is 5.91 Å². The molecular weight excluding hydrogens is 350 g/mol. The van der Waals surface area contributed by atoms with Crippen molar-refractivity contribution in [2.45, 2.75) is 38.6 Å². The number of rotatable bonds is 6. The molecule has 0 bridgehead atoms. The molecule has 2 N–H and O–H groups in total.